The van der Waals surface area contributed by atoms with Crippen molar-refractivity contribution in [1.82, 2.24) is 10.6 Å². The average Bonchev–Trinajstić information content (AvgIpc) is 2.98. The van der Waals surface area contributed by atoms with Crippen molar-refractivity contribution in [3.8, 4) is 47.4 Å². The number of alkyl carbamates (subject to hydrolysis) is 2. The Morgan fingerprint density at radius 1 is 0.476 bits per heavy atom. The van der Waals surface area contributed by atoms with E-state index in [1.807, 2.05) is 13.8 Å². The second-order valence-corrected chi connectivity index (χ2v) is 8.75. The van der Waals surface area contributed by atoms with Gasteiger partial charge < -0.3 is 29.6 Å². The Morgan fingerprint density at radius 3 is 1.21 bits per heavy atom. The first kappa shape index (κ1) is 37.7. The van der Waals surface area contributed by atoms with E-state index in [9.17, 15) is 19.2 Å². The summed E-state index contributed by atoms with van der Waals surface area (Å²) in [5.74, 6) is 22.0. The quantitative estimate of drug-likeness (QED) is 0.0998. The van der Waals surface area contributed by atoms with Crippen molar-refractivity contribution in [3.05, 3.63) is 0 Å². The first-order chi connectivity index (χ1) is 20.5. The van der Waals surface area contributed by atoms with Crippen LogP contribution in [-0.2, 0) is 28.5 Å². The zero-order valence-electron chi connectivity index (χ0n) is 25.0. The molecule has 0 saturated heterocycles. The molecule has 0 atom stereocenters. The molecule has 230 valence electrons. The zero-order valence-corrected chi connectivity index (χ0v) is 25.0. The maximum absolute atomic E-state index is 11.5. The van der Waals surface area contributed by atoms with E-state index in [2.05, 4.69) is 58.0 Å². The molecule has 2 N–H and O–H groups in total. The molecule has 0 aliphatic carbocycles. The van der Waals surface area contributed by atoms with Crippen LogP contribution < -0.4 is 10.6 Å². The van der Waals surface area contributed by atoms with Crippen molar-refractivity contribution in [2.75, 3.05) is 39.5 Å². The van der Waals surface area contributed by atoms with Gasteiger partial charge >= 0.3 is 24.1 Å². The highest BCUT2D eigenvalue weighted by molar-refractivity contribution is 5.78. The third kappa shape index (κ3) is 28.7. The van der Waals surface area contributed by atoms with E-state index in [1.54, 1.807) is 0 Å². The summed E-state index contributed by atoms with van der Waals surface area (Å²) in [6.45, 7) is 4.80. The molecule has 0 bridgehead atoms. The summed E-state index contributed by atoms with van der Waals surface area (Å²) in [4.78, 5) is 45.8. The Hall–Kier alpha value is -4.28. The Labute approximate surface area is 250 Å². The summed E-state index contributed by atoms with van der Waals surface area (Å²) in [6.07, 6.45) is 7.54. The molecule has 0 spiro atoms. The summed E-state index contributed by atoms with van der Waals surface area (Å²) in [5, 5.41) is 4.71. The third-order valence-corrected chi connectivity index (χ3v) is 4.99. The van der Waals surface area contributed by atoms with Gasteiger partial charge in [0.05, 0.1) is 26.4 Å². The number of unbranched alkanes of at least 4 members (excludes halogenated alkanes) is 7. The number of esters is 2. The van der Waals surface area contributed by atoms with Gasteiger partial charge in [-0.15, -0.1) is 0 Å². The molecule has 0 unspecified atom stereocenters. The van der Waals surface area contributed by atoms with Gasteiger partial charge in [-0.25, -0.2) is 9.59 Å². The smallest absolute Gasteiger partial charge is 0.407 e. The molecular formula is C32H44N2O8. The maximum Gasteiger partial charge on any atom is 0.407 e. The van der Waals surface area contributed by atoms with Crippen LogP contribution >= 0.6 is 0 Å². The number of hydrogen-bond acceptors (Lipinski definition) is 8. The van der Waals surface area contributed by atoms with Crippen LogP contribution in [-0.4, -0.2) is 63.6 Å². The predicted molar refractivity (Wildman–Crippen MR) is 158 cm³/mol. The molecule has 0 aliphatic heterocycles. The number of amides is 2. The van der Waals surface area contributed by atoms with Crippen LogP contribution in [0.4, 0.5) is 9.59 Å². The number of carbonyl (C=O) groups is 4. The van der Waals surface area contributed by atoms with E-state index in [-0.39, 0.29) is 26.3 Å². The Kier molecular flexibility index (Phi) is 26.7. The number of hydrogen-bond donors (Lipinski definition) is 2. The van der Waals surface area contributed by atoms with Crippen molar-refractivity contribution in [1.29, 1.82) is 0 Å². The lowest BCUT2D eigenvalue weighted by molar-refractivity contribution is -0.143. The lowest BCUT2D eigenvalue weighted by atomic mass is 10.2. The third-order valence-electron chi connectivity index (χ3n) is 4.99. The first-order valence-electron chi connectivity index (χ1n) is 14.5. The van der Waals surface area contributed by atoms with E-state index in [1.165, 1.54) is 0 Å². The molecular weight excluding hydrogens is 540 g/mol. The molecule has 2 amide bonds. The highest BCUT2D eigenvalue weighted by Gasteiger charge is 2.07. The Morgan fingerprint density at radius 2 is 0.833 bits per heavy atom. The highest BCUT2D eigenvalue weighted by Crippen LogP contribution is 1.96. The number of nitrogens with one attached hydrogen (secondary N) is 2. The molecule has 0 radical (unpaired) electrons. The largest absolute Gasteiger partial charge is 0.464 e. The van der Waals surface area contributed by atoms with Crippen molar-refractivity contribution >= 4 is 24.1 Å². The average molecular weight is 585 g/mol. The van der Waals surface area contributed by atoms with E-state index >= 15 is 0 Å². The number of carbonyl (C=O) groups excluding carboxylic acids is 4. The minimum atomic E-state index is -0.641. The van der Waals surface area contributed by atoms with Crippen molar-refractivity contribution in [2.45, 2.75) is 90.9 Å². The van der Waals surface area contributed by atoms with Crippen molar-refractivity contribution < 1.29 is 38.1 Å². The SMILES string of the molecule is CCCCOC(=O)CNC(=O)OCCCCC#CC#CCCC#CC#CCCCCOC(=O)NCC(=O)OCCCC. The summed E-state index contributed by atoms with van der Waals surface area (Å²) in [6, 6.07) is 0. The Balaban J connectivity index is 3.66. The lowest BCUT2D eigenvalue weighted by Crippen LogP contribution is -2.31. The van der Waals surface area contributed by atoms with E-state index in [4.69, 9.17) is 18.9 Å². The fourth-order valence-electron chi connectivity index (χ4n) is 2.67. The molecule has 0 fully saturated rings. The minimum Gasteiger partial charge on any atom is -0.464 e. The van der Waals surface area contributed by atoms with Crippen LogP contribution in [0.15, 0.2) is 0 Å². The van der Waals surface area contributed by atoms with Gasteiger partial charge in [0.2, 0.25) is 0 Å². The van der Waals surface area contributed by atoms with Crippen molar-refractivity contribution in [2.24, 2.45) is 0 Å². The van der Waals surface area contributed by atoms with Crippen LogP contribution in [0.25, 0.3) is 0 Å². The van der Waals surface area contributed by atoms with Gasteiger partial charge in [0.15, 0.2) is 0 Å². The molecule has 0 saturated carbocycles. The van der Waals surface area contributed by atoms with E-state index in [0.717, 1.165) is 38.5 Å². The second-order valence-electron chi connectivity index (χ2n) is 8.75. The van der Waals surface area contributed by atoms with Crippen LogP contribution in [0.3, 0.4) is 0 Å². The summed E-state index contributed by atoms with van der Waals surface area (Å²) >= 11 is 0. The van der Waals surface area contributed by atoms with Gasteiger partial charge in [-0.05, 0) is 62.2 Å². The zero-order chi connectivity index (χ0) is 30.9. The van der Waals surface area contributed by atoms with Gasteiger partial charge in [-0.3, -0.25) is 9.59 Å². The monoisotopic (exact) mass is 584 g/mol. The fourth-order valence-corrected chi connectivity index (χ4v) is 2.67. The molecule has 0 aromatic rings. The van der Waals surface area contributed by atoms with E-state index in [0.29, 0.717) is 51.7 Å². The normalized spacial score (nSPS) is 9.10. The van der Waals surface area contributed by atoms with Crippen molar-refractivity contribution in [3.63, 3.8) is 0 Å². The summed E-state index contributed by atoms with van der Waals surface area (Å²) in [5.41, 5.74) is 0. The second kappa shape index (κ2) is 29.7. The topological polar surface area (TPSA) is 129 Å². The fraction of sp³-hybridized carbons (Fsp3) is 0.625. The minimum absolute atomic E-state index is 0.200. The molecule has 42 heavy (non-hydrogen) atoms. The molecule has 0 rings (SSSR count). The maximum atomic E-state index is 11.5. The van der Waals surface area contributed by atoms with Crippen LogP contribution in [0.5, 0.6) is 0 Å². The van der Waals surface area contributed by atoms with Gasteiger partial charge in [0.25, 0.3) is 0 Å². The molecule has 10 heteroatoms. The lowest BCUT2D eigenvalue weighted by Gasteiger charge is -2.06. The Bertz CT molecular complexity index is 957. The molecule has 0 aromatic carbocycles. The molecule has 0 aromatic heterocycles. The number of rotatable bonds is 19. The van der Waals surface area contributed by atoms with Crippen LogP contribution in [0, 0.1) is 47.4 Å². The molecule has 10 nitrogen and oxygen atoms in total. The highest BCUT2D eigenvalue weighted by atomic mass is 16.6. The molecule has 0 aliphatic rings. The van der Waals surface area contributed by atoms with Gasteiger partial charge in [-0.1, -0.05) is 50.4 Å². The number of ether oxygens (including phenoxy) is 4. The summed E-state index contributed by atoms with van der Waals surface area (Å²) < 4.78 is 19.8. The van der Waals surface area contributed by atoms with Crippen LogP contribution in [0.2, 0.25) is 0 Å². The van der Waals surface area contributed by atoms with Crippen LogP contribution in [0.1, 0.15) is 90.9 Å². The molecule has 0 heterocycles. The van der Waals surface area contributed by atoms with Gasteiger partial charge in [0.1, 0.15) is 13.1 Å². The van der Waals surface area contributed by atoms with Gasteiger partial charge in [-0.2, -0.15) is 0 Å². The van der Waals surface area contributed by atoms with E-state index < -0.39 is 24.1 Å². The van der Waals surface area contributed by atoms with Gasteiger partial charge in [0, 0.05) is 25.7 Å². The summed E-state index contributed by atoms with van der Waals surface area (Å²) in [7, 11) is 0. The first-order valence-corrected chi connectivity index (χ1v) is 14.5. The predicted octanol–water partition coefficient (Wildman–Crippen LogP) is 4.26. The standard InChI is InChI=1S/C32H44N2O8/c1-3-5-23-39-29(35)27-33-31(37)41-25-21-19-17-15-13-11-9-7-8-10-12-14-16-18-20-22-26-42-32(38)34-28-30(36)40-24-6-4-2/h3-8,17-28H2,1-2H3,(H,33,37)(H,34,38).